The molecular weight excluding hydrogens is 186 g/mol. The Morgan fingerprint density at radius 2 is 2.27 bits per heavy atom. The Morgan fingerprint density at radius 1 is 1.53 bits per heavy atom. The van der Waals surface area contributed by atoms with Gasteiger partial charge in [0.2, 0.25) is 0 Å². The summed E-state index contributed by atoms with van der Waals surface area (Å²) in [6, 6.07) is 0.776. The molecule has 3 nitrogen and oxygen atoms in total. The molecule has 2 rings (SSSR count). The van der Waals surface area contributed by atoms with Crippen LogP contribution in [0.2, 0.25) is 0 Å². The van der Waals surface area contributed by atoms with E-state index in [1.54, 1.807) is 0 Å². The molecule has 0 unspecified atom stereocenters. The van der Waals surface area contributed by atoms with Crippen LogP contribution >= 0.6 is 0 Å². The van der Waals surface area contributed by atoms with Gasteiger partial charge >= 0.3 is 0 Å². The normalized spacial score (nSPS) is 16.3. The van der Waals surface area contributed by atoms with Crippen LogP contribution in [0.15, 0.2) is 6.20 Å². The highest BCUT2D eigenvalue weighted by Crippen LogP contribution is 2.20. The van der Waals surface area contributed by atoms with Gasteiger partial charge in [-0.05, 0) is 25.7 Å². The van der Waals surface area contributed by atoms with Gasteiger partial charge in [0, 0.05) is 30.4 Å². The fourth-order valence-electron chi connectivity index (χ4n) is 1.73. The molecule has 1 fully saturated rings. The molecule has 84 valence electrons. The van der Waals surface area contributed by atoms with Gasteiger partial charge in [-0.15, -0.1) is 0 Å². The number of nitrogens with zero attached hydrogens (tertiary/aromatic N) is 2. The van der Waals surface area contributed by atoms with E-state index in [4.69, 9.17) is 0 Å². The van der Waals surface area contributed by atoms with E-state index in [9.17, 15) is 0 Å². The SMILES string of the molecule is Cc1c(CNC2CC2)cnn1CC(C)C. The number of aromatic nitrogens is 2. The number of hydrogen-bond acceptors (Lipinski definition) is 2. The summed E-state index contributed by atoms with van der Waals surface area (Å²) >= 11 is 0. The van der Waals surface area contributed by atoms with Crippen molar-refractivity contribution in [3.8, 4) is 0 Å². The first kappa shape index (κ1) is 10.7. The molecular formula is C12H21N3. The summed E-state index contributed by atoms with van der Waals surface area (Å²) in [4.78, 5) is 0. The lowest BCUT2D eigenvalue weighted by molar-refractivity contribution is 0.474. The predicted octanol–water partition coefficient (Wildman–Crippen LogP) is 2.10. The van der Waals surface area contributed by atoms with Crippen LogP contribution < -0.4 is 5.32 Å². The Hall–Kier alpha value is -0.830. The molecule has 1 saturated carbocycles. The van der Waals surface area contributed by atoms with Gasteiger partial charge in [0.25, 0.3) is 0 Å². The van der Waals surface area contributed by atoms with Crippen LogP contribution in [-0.2, 0) is 13.1 Å². The molecule has 1 aromatic heterocycles. The quantitative estimate of drug-likeness (QED) is 0.801. The molecule has 0 bridgehead atoms. The van der Waals surface area contributed by atoms with E-state index < -0.39 is 0 Å². The molecule has 0 amide bonds. The fraction of sp³-hybridized carbons (Fsp3) is 0.750. The summed E-state index contributed by atoms with van der Waals surface area (Å²) in [5.74, 6) is 0.660. The molecule has 0 aromatic carbocycles. The first-order chi connectivity index (χ1) is 7.16. The Balaban J connectivity index is 1.95. The molecule has 15 heavy (non-hydrogen) atoms. The van der Waals surface area contributed by atoms with Crippen LogP contribution in [0.5, 0.6) is 0 Å². The van der Waals surface area contributed by atoms with Crippen molar-refractivity contribution in [1.29, 1.82) is 0 Å². The third-order valence-electron chi connectivity index (χ3n) is 2.90. The molecule has 0 radical (unpaired) electrons. The molecule has 1 aliphatic rings. The minimum Gasteiger partial charge on any atom is -0.310 e. The van der Waals surface area contributed by atoms with Gasteiger partial charge in [-0.25, -0.2) is 0 Å². The molecule has 1 N–H and O–H groups in total. The van der Waals surface area contributed by atoms with Gasteiger partial charge in [0.1, 0.15) is 0 Å². The number of nitrogens with one attached hydrogen (secondary N) is 1. The maximum atomic E-state index is 4.43. The van der Waals surface area contributed by atoms with Crippen molar-refractivity contribution < 1.29 is 0 Å². The zero-order valence-electron chi connectivity index (χ0n) is 9.95. The van der Waals surface area contributed by atoms with Gasteiger partial charge in [-0.3, -0.25) is 4.68 Å². The standard InChI is InChI=1S/C12H21N3/c1-9(2)8-15-10(3)11(7-14-15)6-13-12-4-5-12/h7,9,12-13H,4-6,8H2,1-3H3. The van der Waals surface area contributed by atoms with E-state index in [-0.39, 0.29) is 0 Å². The highest BCUT2D eigenvalue weighted by Gasteiger charge is 2.20. The van der Waals surface area contributed by atoms with Crippen molar-refractivity contribution in [2.24, 2.45) is 5.92 Å². The Morgan fingerprint density at radius 3 is 2.87 bits per heavy atom. The van der Waals surface area contributed by atoms with Crippen molar-refractivity contribution in [2.75, 3.05) is 0 Å². The van der Waals surface area contributed by atoms with Crippen LogP contribution in [0.25, 0.3) is 0 Å². The smallest absolute Gasteiger partial charge is 0.0537 e. The number of rotatable bonds is 5. The Bertz CT molecular complexity index is 324. The van der Waals surface area contributed by atoms with Crippen LogP contribution in [0.4, 0.5) is 0 Å². The van der Waals surface area contributed by atoms with Crippen molar-refractivity contribution in [2.45, 2.75) is 52.7 Å². The van der Waals surface area contributed by atoms with Crippen molar-refractivity contribution in [3.63, 3.8) is 0 Å². The Labute approximate surface area is 91.9 Å². The van der Waals surface area contributed by atoms with E-state index in [0.29, 0.717) is 5.92 Å². The average Bonchev–Trinajstić information content (AvgIpc) is 2.93. The first-order valence-corrected chi connectivity index (χ1v) is 5.91. The molecule has 3 heteroatoms. The molecule has 1 heterocycles. The topological polar surface area (TPSA) is 29.9 Å². The fourth-order valence-corrected chi connectivity index (χ4v) is 1.73. The molecule has 0 atom stereocenters. The van der Waals surface area contributed by atoms with Crippen molar-refractivity contribution in [3.05, 3.63) is 17.5 Å². The monoisotopic (exact) mass is 207 g/mol. The van der Waals surface area contributed by atoms with Gasteiger partial charge < -0.3 is 5.32 Å². The summed E-state index contributed by atoms with van der Waals surface area (Å²) in [7, 11) is 0. The van der Waals surface area contributed by atoms with E-state index in [1.165, 1.54) is 24.1 Å². The van der Waals surface area contributed by atoms with Crippen LogP contribution in [0.1, 0.15) is 37.9 Å². The minimum absolute atomic E-state index is 0.660. The Kier molecular flexibility index (Phi) is 3.10. The second-order valence-corrected chi connectivity index (χ2v) is 4.99. The van der Waals surface area contributed by atoms with Gasteiger partial charge in [0.05, 0.1) is 6.20 Å². The molecule has 0 aliphatic heterocycles. The highest BCUT2D eigenvalue weighted by atomic mass is 15.3. The first-order valence-electron chi connectivity index (χ1n) is 5.91. The summed E-state index contributed by atoms with van der Waals surface area (Å²) in [5.41, 5.74) is 2.67. The van der Waals surface area contributed by atoms with Gasteiger partial charge in [-0.1, -0.05) is 13.8 Å². The van der Waals surface area contributed by atoms with E-state index in [2.05, 4.69) is 35.9 Å². The largest absolute Gasteiger partial charge is 0.310 e. The molecule has 0 spiro atoms. The lowest BCUT2D eigenvalue weighted by atomic mass is 10.2. The maximum Gasteiger partial charge on any atom is 0.0537 e. The third kappa shape index (κ3) is 2.81. The highest BCUT2D eigenvalue weighted by molar-refractivity contribution is 5.16. The lowest BCUT2D eigenvalue weighted by Gasteiger charge is -2.08. The molecule has 1 aliphatic carbocycles. The second kappa shape index (κ2) is 4.35. The maximum absolute atomic E-state index is 4.43. The van der Waals surface area contributed by atoms with Gasteiger partial charge in [-0.2, -0.15) is 5.10 Å². The van der Waals surface area contributed by atoms with Crippen LogP contribution in [0.3, 0.4) is 0 Å². The van der Waals surface area contributed by atoms with E-state index in [1.807, 2.05) is 6.20 Å². The van der Waals surface area contributed by atoms with E-state index >= 15 is 0 Å². The predicted molar refractivity (Wildman–Crippen MR) is 61.7 cm³/mol. The number of hydrogen-bond donors (Lipinski definition) is 1. The zero-order valence-corrected chi connectivity index (χ0v) is 9.95. The van der Waals surface area contributed by atoms with Crippen molar-refractivity contribution >= 4 is 0 Å². The summed E-state index contributed by atoms with van der Waals surface area (Å²) in [6.07, 6.45) is 4.70. The molecule has 0 saturated heterocycles. The lowest BCUT2D eigenvalue weighted by Crippen LogP contribution is -2.16. The summed E-state index contributed by atoms with van der Waals surface area (Å²) in [5, 5.41) is 7.96. The van der Waals surface area contributed by atoms with Crippen LogP contribution in [-0.4, -0.2) is 15.8 Å². The van der Waals surface area contributed by atoms with Crippen molar-refractivity contribution in [1.82, 2.24) is 15.1 Å². The summed E-state index contributed by atoms with van der Waals surface area (Å²) < 4.78 is 2.12. The third-order valence-corrected chi connectivity index (χ3v) is 2.90. The molecule has 1 aromatic rings. The second-order valence-electron chi connectivity index (χ2n) is 4.99. The van der Waals surface area contributed by atoms with E-state index in [0.717, 1.165) is 19.1 Å². The average molecular weight is 207 g/mol. The summed E-state index contributed by atoms with van der Waals surface area (Å²) in [6.45, 7) is 8.62. The van der Waals surface area contributed by atoms with Gasteiger partial charge in [0.15, 0.2) is 0 Å². The minimum atomic E-state index is 0.660. The zero-order chi connectivity index (χ0) is 10.8. The van der Waals surface area contributed by atoms with Crippen LogP contribution in [0, 0.1) is 12.8 Å².